The molecule has 0 aliphatic rings. The Labute approximate surface area is 117 Å². The number of rotatable bonds is 4. The Morgan fingerprint density at radius 2 is 2.20 bits per heavy atom. The fourth-order valence-corrected chi connectivity index (χ4v) is 1.47. The van der Waals surface area contributed by atoms with Gasteiger partial charge >= 0.3 is 6.18 Å². The second kappa shape index (κ2) is 6.43. The van der Waals surface area contributed by atoms with Crippen LogP contribution < -0.4 is 10.6 Å². The van der Waals surface area contributed by atoms with Crippen molar-refractivity contribution in [2.24, 2.45) is 0 Å². The molecule has 2 N–H and O–H groups in total. The highest BCUT2D eigenvalue weighted by Gasteiger charge is 2.28. The molecule has 108 valence electrons. The van der Waals surface area contributed by atoms with Gasteiger partial charge in [0.15, 0.2) is 0 Å². The van der Waals surface area contributed by atoms with Crippen LogP contribution in [0.5, 0.6) is 0 Å². The molecule has 1 aromatic rings. The summed E-state index contributed by atoms with van der Waals surface area (Å²) in [5, 5.41) is 13.1. The average Bonchev–Trinajstić information content (AvgIpc) is 2.34. The fourth-order valence-electron chi connectivity index (χ4n) is 1.26. The maximum Gasteiger partial charge on any atom is 0.405 e. The number of carbonyl (C=O) groups excluding carboxylic acids is 1. The topological polar surface area (TPSA) is 77.8 Å². The van der Waals surface area contributed by atoms with E-state index in [1.807, 2.05) is 6.07 Å². The molecule has 0 saturated heterocycles. The molecule has 1 heterocycles. The fraction of sp³-hybridized carbons (Fsp3) is 0.364. The number of carbonyl (C=O) groups is 1. The minimum absolute atomic E-state index is 0.0365. The van der Waals surface area contributed by atoms with Gasteiger partial charge in [0, 0.05) is 0 Å². The van der Waals surface area contributed by atoms with Gasteiger partial charge in [-0.15, -0.1) is 0 Å². The lowest BCUT2D eigenvalue weighted by molar-refractivity contribution is -0.138. The lowest BCUT2D eigenvalue weighted by Crippen LogP contribution is -2.42. The van der Waals surface area contributed by atoms with E-state index in [-0.39, 0.29) is 16.5 Å². The van der Waals surface area contributed by atoms with Crippen LogP contribution in [0.4, 0.5) is 19.0 Å². The number of hydrogen-bond acceptors (Lipinski definition) is 4. The number of amides is 1. The Bertz CT molecular complexity index is 541. The molecule has 0 aliphatic heterocycles. The van der Waals surface area contributed by atoms with Crippen LogP contribution >= 0.6 is 11.6 Å². The van der Waals surface area contributed by atoms with Crippen LogP contribution in [-0.4, -0.2) is 29.7 Å². The number of nitrogens with zero attached hydrogens (tertiary/aromatic N) is 2. The smallest absolute Gasteiger partial charge is 0.359 e. The van der Waals surface area contributed by atoms with Gasteiger partial charge in [0.25, 0.3) is 0 Å². The van der Waals surface area contributed by atoms with Gasteiger partial charge in [-0.25, -0.2) is 4.98 Å². The number of nitriles is 1. The van der Waals surface area contributed by atoms with Gasteiger partial charge in [0.05, 0.1) is 11.6 Å². The molecule has 0 saturated carbocycles. The first-order chi connectivity index (χ1) is 9.21. The van der Waals surface area contributed by atoms with Crippen molar-refractivity contribution in [1.29, 1.82) is 5.26 Å². The molecule has 1 amide bonds. The first-order valence-corrected chi connectivity index (χ1v) is 5.78. The Balaban J connectivity index is 2.66. The molecule has 0 spiro atoms. The minimum Gasteiger partial charge on any atom is -0.359 e. The van der Waals surface area contributed by atoms with Crippen LogP contribution in [0.1, 0.15) is 12.5 Å². The summed E-state index contributed by atoms with van der Waals surface area (Å²) in [4.78, 5) is 15.2. The number of aromatic nitrogens is 1. The molecular formula is C11H10ClF3N4O. The van der Waals surface area contributed by atoms with Crippen molar-refractivity contribution < 1.29 is 18.0 Å². The van der Waals surface area contributed by atoms with Gasteiger partial charge in [-0.3, -0.25) is 4.79 Å². The predicted molar refractivity (Wildman–Crippen MR) is 66.1 cm³/mol. The number of anilines is 1. The molecule has 0 fully saturated rings. The zero-order chi connectivity index (χ0) is 15.3. The molecule has 0 bridgehead atoms. The van der Waals surface area contributed by atoms with Crippen molar-refractivity contribution in [1.82, 2.24) is 10.3 Å². The minimum atomic E-state index is -4.47. The van der Waals surface area contributed by atoms with E-state index in [2.05, 4.69) is 10.3 Å². The normalized spacial score (nSPS) is 12.4. The molecule has 1 aromatic heterocycles. The maximum absolute atomic E-state index is 12.0. The number of hydrogen-bond donors (Lipinski definition) is 2. The highest BCUT2D eigenvalue weighted by molar-refractivity contribution is 6.29. The number of pyridine rings is 1. The molecular weight excluding hydrogens is 297 g/mol. The standard InChI is InChI=1S/C11H10ClF3N4O/c1-6(10(20)17-5-11(13,14)15)18-9-3-7(4-16)2-8(12)19-9/h2-3,6H,5H2,1H3,(H,17,20)(H,18,19)/t6-/m0/s1. The Morgan fingerprint density at radius 1 is 1.55 bits per heavy atom. The third kappa shape index (κ3) is 5.32. The summed E-state index contributed by atoms with van der Waals surface area (Å²) in [7, 11) is 0. The van der Waals surface area contributed by atoms with Crippen LogP contribution in [0, 0.1) is 11.3 Å². The Hall–Kier alpha value is -2.01. The van der Waals surface area contributed by atoms with E-state index >= 15 is 0 Å². The molecule has 0 unspecified atom stereocenters. The molecule has 20 heavy (non-hydrogen) atoms. The average molecular weight is 307 g/mol. The third-order valence-corrected chi connectivity index (χ3v) is 2.34. The largest absolute Gasteiger partial charge is 0.405 e. The molecule has 0 aliphatic carbocycles. The van der Waals surface area contributed by atoms with Crippen LogP contribution in [0.3, 0.4) is 0 Å². The van der Waals surface area contributed by atoms with Gasteiger partial charge in [-0.1, -0.05) is 11.6 Å². The van der Waals surface area contributed by atoms with E-state index in [9.17, 15) is 18.0 Å². The van der Waals surface area contributed by atoms with E-state index in [0.717, 1.165) is 0 Å². The molecule has 1 atom stereocenters. The van der Waals surface area contributed by atoms with E-state index in [0.29, 0.717) is 0 Å². The van der Waals surface area contributed by atoms with Gasteiger partial charge < -0.3 is 10.6 Å². The van der Waals surface area contributed by atoms with Crippen molar-refractivity contribution in [2.75, 3.05) is 11.9 Å². The molecule has 1 rings (SSSR count). The second-order valence-electron chi connectivity index (χ2n) is 3.87. The van der Waals surface area contributed by atoms with Crippen molar-refractivity contribution in [2.45, 2.75) is 19.1 Å². The van der Waals surface area contributed by atoms with E-state index < -0.39 is 24.7 Å². The summed E-state index contributed by atoms with van der Waals surface area (Å²) in [5.41, 5.74) is 0.218. The first-order valence-electron chi connectivity index (χ1n) is 5.40. The zero-order valence-electron chi connectivity index (χ0n) is 10.3. The summed E-state index contributed by atoms with van der Waals surface area (Å²) in [5.74, 6) is -0.716. The van der Waals surface area contributed by atoms with E-state index in [1.54, 1.807) is 5.32 Å². The highest BCUT2D eigenvalue weighted by atomic mass is 35.5. The first kappa shape index (κ1) is 16.0. The summed E-state index contributed by atoms with van der Waals surface area (Å²) in [6.07, 6.45) is -4.47. The number of halogens is 4. The predicted octanol–water partition coefficient (Wildman–Crippen LogP) is 2.09. The maximum atomic E-state index is 12.0. The van der Waals surface area contributed by atoms with Crippen LogP contribution in [0.25, 0.3) is 0 Å². The summed E-state index contributed by atoms with van der Waals surface area (Å²) in [6.45, 7) is -0.0510. The lowest BCUT2D eigenvalue weighted by atomic mass is 10.2. The number of nitrogens with one attached hydrogen (secondary N) is 2. The van der Waals surface area contributed by atoms with E-state index in [4.69, 9.17) is 16.9 Å². The summed E-state index contributed by atoms with van der Waals surface area (Å²) < 4.78 is 35.9. The molecule has 0 radical (unpaired) electrons. The summed E-state index contributed by atoms with van der Waals surface area (Å²) in [6, 6.07) is 3.53. The van der Waals surface area contributed by atoms with Gasteiger partial charge in [-0.05, 0) is 19.1 Å². The van der Waals surface area contributed by atoms with Crippen molar-refractivity contribution in [3.8, 4) is 6.07 Å². The second-order valence-corrected chi connectivity index (χ2v) is 4.26. The molecule has 9 heteroatoms. The molecule has 0 aromatic carbocycles. The van der Waals surface area contributed by atoms with Gasteiger partial charge in [0.2, 0.25) is 5.91 Å². The zero-order valence-corrected chi connectivity index (χ0v) is 11.0. The summed E-state index contributed by atoms with van der Waals surface area (Å²) >= 11 is 5.66. The Kier molecular flexibility index (Phi) is 5.16. The monoisotopic (exact) mass is 306 g/mol. The van der Waals surface area contributed by atoms with Crippen LogP contribution in [0.2, 0.25) is 5.15 Å². The number of alkyl halides is 3. The van der Waals surface area contributed by atoms with Gasteiger partial charge in [0.1, 0.15) is 23.6 Å². The van der Waals surface area contributed by atoms with Crippen LogP contribution in [0.15, 0.2) is 12.1 Å². The SMILES string of the molecule is C[C@H](Nc1cc(C#N)cc(Cl)n1)C(=O)NCC(F)(F)F. The Morgan fingerprint density at radius 3 is 2.75 bits per heavy atom. The van der Waals surface area contributed by atoms with Crippen molar-refractivity contribution in [3.63, 3.8) is 0 Å². The van der Waals surface area contributed by atoms with Gasteiger partial charge in [-0.2, -0.15) is 18.4 Å². The quantitative estimate of drug-likeness (QED) is 0.835. The van der Waals surface area contributed by atoms with Crippen molar-refractivity contribution >= 4 is 23.3 Å². The highest BCUT2D eigenvalue weighted by Crippen LogP contribution is 2.15. The van der Waals surface area contributed by atoms with Crippen molar-refractivity contribution in [3.05, 3.63) is 22.8 Å². The van der Waals surface area contributed by atoms with E-state index in [1.165, 1.54) is 19.1 Å². The molecule has 5 nitrogen and oxygen atoms in total. The lowest BCUT2D eigenvalue weighted by Gasteiger charge is -2.15. The third-order valence-electron chi connectivity index (χ3n) is 2.14. The van der Waals surface area contributed by atoms with Crippen LogP contribution in [-0.2, 0) is 4.79 Å².